The fraction of sp³-hybridized carbons (Fsp3) is 0.200. The van der Waals surface area contributed by atoms with Crippen LogP contribution in [-0.4, -0.2) is 34.0 Å². The molecule has 0 saturated heterocycles. The SMILES string of the molecule is CC(c1ccccn1)(c1ccccn1)N(Cn1ccnc1)Cn1ccnc1. The largest absolute Gasteiger partial charge is 0.324 e. The molecule has 0 bridgehead atoms. The Kier molecular flexibility index (Phi) is 4.76. The summed E-state index contributed by atoms with van der Waals surface area (Å²) in [4.78, 5) is 20.0. The van der Waals surface area contributed by atoms with Gasteiger partial charge in [-0.05, 0) is 31.2 Å². The Morgan fingerprint density at radius 2 is 1.30 bits per heavy atom. The minimum absolute atomic E-state index is 0.545. The maximum absolute atomic E-state index is 4.68. The van der Waals surface area contributed by atoms with Crippen LogP contribution in [0.5, 0.6) is 0 Å². The fourth-order valence-electron chi connectivity index (χ4n) is 3.22. The van der Waals surface area contributed by atoms with E-state index in [-0.39, 0.29) is 0 Å². The van der Waals surface area contributed by atoms with Crippen LogP contribution < -0.4 is 0 Å². The second-order valence-electron chi connectivity index (χ2n) is 6.48. The van der Waals surface area contributed by atoms with Crippen LogP contribution >= 0.6 is 0 Å². The van der Waals surface area contributed by atoms with Gasteiger partial charge in [0.05, 0.1) is 37.4 Å². The van der Waals surface area contributed by atoms with E-state index in [0.717, 1.165) is 11.4 Å². The Bertz CT molecular complexity index is 859. The lowest BCUT2D eigenvalue weighted by Crippen LogP contribution is -2.47. The van der Waals surface area contributed by atoms with Gasteiger partial charge in [0.15, 0.2) is 0 Å². The number of imidazole rings is 2. The van der Waals surface area contributed by atoms with Crippen LogP contribution in [-0.2, 0) is 18.9 Å². The van der Waals surface area contributed by atoms with Gasteiger partial charge in [-0.25, -0.2) is 9.97 Å². The molecule has 0 aliphatic heterocycles. The normalized spacial score (nSPS) is 11.8. The van der Waals surface area contributed by atoms with Gasteiger partial charge in [-0.15, -0.1) is 0 Å². The summed E-state index contributed by atoms with van der Waals surface area (Å²) in [5.74, 6) is 0. The molecule has 0 spiro atoms. The summed E-state index contributed by atoms with van der Waals surface area (Å²) in [6.45, 7) is 3.41. The zero-order valence-corrected chi connectivity index (χ0v) is 15.1. The van der Waals surface area contributed by atoms with Crippen molar-refractivity contribution in [2.24, 2.45) is 0 Å². The van der Waals surface area contributed by atoms with Crippen molar-refractivity contribution in [2.75, 3.05) is 0 Å². The molecule has 0 aliphatic rings. The molecule has 0 N–H and O–H groups in total. The van der Waals surface area contributed by atoms with Crippen molar-refractivity contribution < 1.29 is 0 Å². The molecule has 0 amide bonds. The summed E-state index contributed by atoms with van der Waals surface area (Å²) in [5.41, 5.74) is 1.32. The highest BCUT2D eigenvalue weighted by molar-refractivity contribution is 5.28. The highest BCUT2D eigenvalue weighted by atomic mass is 15.4. The maximum Gasteiger partial charge on any atom is 0.106 e. The van der Waals surface area contributed by atoms with Gasteiger partial charge < -0.3 is 9.13 Å². The van der Waals surface area contributed by atoms with Crippen LogP contribution in [0.4, 0.5) is 0 Å². The van der Waals surface area contributed by atoms with Crippen molar-refractivity contribution in [3.8, 4) is 0 Å². The summed E-state index contributed by atoms with van der Waals surface area (Å²) in [6.07, 6.45) is 14.8. The van der Waals surface area contributed by atoms with Crippen LogP contribution in [0.1, 0.15) is 18.3 Å². The fourth-order valence-corrected chi connectivity index (χ4v) is 3.22. The molecule has 7 heteroatoms. The molecule has 0 fully saturated rings. The van der Waals surface area contributed by atoms with Crippen molar-refractivity contribution in [1.29, 1.82) is 0 Å². The van der Waals surface area contributed by atoms with E-state index in [1.165, 1.54) is 0 Å². The average molecular weight is 359 g/mol. The smallest absolute Gasteiger partial charge is 0.106 e. The minimum Gasteiger partial charge on any atom is -0.324 e. The Morgan fingerprint density at radius 3 is 1.67 bits per heavy atom. The Morgan fingerprint density at radius 1 is 0.778 bits per heavy atom. The van der Waals surface area contributed by atoms with Gasteiger partial charge in [0, 0.05) is 37.2 Å². The van der Waals surface area contributed by atoms with Crippen molar-refractivity contribution in [2.45, 2.75) is 25.8 Å². The number of hydrogen-bond donors (Lipinski definition) is 0. The lowest BCUT2D eigenvalue weighted by molar-refractivity contribution is 0.0559. The predicted octanol–water partition coefficient (Wildman–Crippen LogP) is 2.75. The molecule has 136 valence electrons. The first kappa shape index (κ1) is 17.1. The van der Waals surface area contributed by atoms with Crippen LogP contribution in [0.25, 0.3) is 0 Å². The molecule has 0 aliphatic carbocycles. The molecular formula is C20H21N7. The van der Waals surface area contributed by atoms with Gasteiger partial charge in [0.1, 0.15) is 5.54 Å². The third kappa shape index (κ3) is 3.50. The Balaban J connectivity index is 1.82. The Hall–Kier alpha value is -3.32. The molecule has 4 rings (SSSR count). The van der Waals surface area contributed by atoms with Crippen LogP contribution in [0, 0.1) is 0 Å². The average Bonchev–Trinajstić information content (AvgIpc) is 3.42. The van der Waals surface area contributed by atoms with E-state index in [0.29, 0.717) is 13.3 Å². The standard InChI is InChI=1S/C20H21N7/c1-20(18-6-2-4-8-23-18,19-7-3-5-9-24-19)27(16-25-12-10-21-14-25)17-26-13-11-22-15-26/h2-15H,16-17H2,1H3. The van der Waals surface area contributed by atoms with E-state index >= 15 is 0 Å². The first-order valence-electron chi connectivity index (χ1n) is 8.76. The van der Waals surface area contributed by atoms with Gasteiger partial charge in [-0.3, -0.25) is 14.9 Å². The number of hydrogen-bond acceptors (Lipinski definition) is 5. The zero-order valence-electron chi connectivity index (χ0n) is 15.1. The molecule has 0 atom stereocenters. The number of pyridine rings is 2. The van der Waals surface area contributed by atoms with Crippen molar-refractivity contribution in [3.63, 3.8) is 0 Å². The summed E-state index contributed by atoms with van der Waals surface area (Å²) in [5, 5.41) is 0. The molecule has 4 heterocycles. The van der Waals surface area contributed by atoms with Gasteiger partial charge in [0.2, 0.25) is 0 Å². The summed E-state index contributed by atoms with van der Waals surface area (Å²) in [7, 11) is 0. The summed E-state index contributed by atoms with van der Waals surface area (Å²) in [6, 6.07) is 12.0. The topological polar surface area (TPSA) is 64.7 Å². The highest BCUT2D eigenvalue weighted by Gasteiger charge is 2.38. The number of rotatable bonds is 7. The van der Waals surface area contributed by atoms with E-state index in [1.54, 1.807) is 12.4 Å². The first-order chi connectivity index (χ1) is 13.3. The number of aromatic nitrogens is 6. The molecule has 0 unspecified atom stereocenters. The Labute approximate surface area is 158 Å². The van der Waals surface area contributed by atoms with Crippen LogP contribution in [0.2, 0.25) is 0 Å². The van der Waals surface area contributed by atoms with E-state index < -0.39 is 5.54 Å². The van der Waals surface area contributed by atoms with Crippen LogP contribution in [0.15, 0.2) is 86.2 Å². The molecule has 4 aromatic rings. The van der Waals surface area contributed by atoms with E-state index in [2.05, 4.69) is 31.8 Å². The molecule has 0 saturated carbocycles. The molecule has 4 aromatic heterocycles. The van der Waals surface area contributed by atoms with Crippen LogP contribution in [0.3, 0.4) is 0 Å². The monoisotopic (exact) mass is 359 g/mol. The van der Waals surface area contributed by atoms with Crippen molar-refractivity contribution >= 4 is 0 Å². The van der Waals surface area contributed by atoms with E-state index in [9.17, 15) is 0 Å². The second-order valence-corrected chi connectivity index (χ2v) is 6.48. The lowest BCUT2D eigenvalue weighted by Gasteiger charge is -2.40. The lowest BCUT2D eigenvalue weighted by atomic mass is 9.90. The van der Waals surface area contributed by atoms with Gasteiger partial charge in [-0.1, -0.05) is 12.1 Å². The van der Waals surface area contributed by atoms with E-state index in [4.69, 9.17) is 0 Å². The zero-order chi connectivity index (χ0) is 18.5. The predicted molar refractivity (Wildman–Crippen MR) is 101 cm³/mol. The van der Waals surface area contributed by atoms with E-state index in [1.807, 2.05) is 83.0 Å². The van der Waals surface area contributed by atoms with Gasteiger partial charge in [0.25, 0.3) is 0 Å². The number of nitrogens with zero attached hydrogens (tertiary/aromatic N) is 7. The third-order valence-electron chi connectivity index (χ3n) is 4.75. The van der Waals surface area contributed by atoms with Crippen molar-refractivity contribution in [3.05, 3.63) is 97.6 Å². The quantitative estimate of drug-likeness (QED) is 0.508. The summed E-state index contributed by atoms with van der Waals surface area (Å²) < 4.78 is 4.09. The maximum atomic E-state index is 4.68. The molecule has 27 heavy (non-hydrogen) atoms. The van der Waals surface area contributed by atoms with Gasteiger partial charge >= 0.3 is 0 Å². The molecule has 0 aromatic carbocycles. The third-order valence-corrected chi connectivity index (χ3v) is 4.75. The summed E-state index contributed by atoms with van der Waals surface area (Å²) >= 11 is 0. The molecule has 0 radical (unpaired) electrons. The van der Waals surface area contributed by atoms with Gasteiger partial charge in [-0.2, -0.15) is 0 Å². The molecule has 7 nitrogen and oxygen atoms in total. The highest BCUT2D eigenvalue weighted by Crippen LogP contribution is 2.34. The molecular weight excluding hydrogens is 338 g/mol. The second kappa shape index (κ2) is 7.51. The minimum atomic E-state index is -0.545. The first-order valence-corrected chi connectivity index (χ1v) is 8.76. The van der Waals surface area contributed by atoms with Crippen molar-refractivity contribution in [1.82, 2.24) is 34.0 Å².